The Kier molecular flexibility index (Phi) is 6.32. The predicted octanol–water partition coefficient (Wildman–Crippen LogP) is 1.55. The molecule has 1 fully saturated rings. The molecule has 26 heavy (non-hydrogen) atoms. The van der Waals surface area contributed by atoms with Gasteiger partial charge in [0.25, 0.3) is 5.91 Å². The molecule has 0 aromatic heterocycles. The molecule has 0 saturated carbocycles. The standard InChI is InChI=1S/C18H23N3O5/c1-11(22)14-4-3-5-15(10-14)20-16(23)12(2)26-17(24)13-6-8-21(9-7-13)18(19)25/h3-5,10,12-13H,6-9H2,1-2H3,(H2,19,25)(H,20,23)/t12-/m0/s1. The number of ketones is 1. The summed E-state index contributed by atoms with van der Waals surface area (Å²) in [7, 11) is 0. The Labute approximate surface area is 151 Å². The van der Waals surface area contributed by atoms with Crippen molar-refractivity contribution in [1.82, 2.24) is 4.90 Å². The first kappa shape index (κ1) is 19.4. The van der Waals surface area contributed by atoms with Crippen LogP contribution in [0.4, 0.5) is 10.5 Å². The molecule has 3 N–H and O–H groups in total. The molecule has 2 rings (SSSR count). The number of primary amides is 1. The van der Waals surface area contributed by atoms with Crippen LogP contribution in [0.25, 0.3) is 0 Å². The van der Waals surface area contributed by atoms with Gasteiger partial charge in [-0.2, -0.15) is 0 Å². The fraction of sp³-hybridized carbons (Fsp3) is 0.444. The third-order valence-electron chi connectivity index (χ3n) is 4.34. The highest BCUT2D eigenvalue weighted by atomic mass is 16.5. The molecule has 1 aromatic rings. The Bertz CT molecular complexity index is 711. The number of Topliss-reactive ketones (excluding diaryl/α,β-unsaturated/α-hetero) is 1. The third kappa shape index (κ3) is 5.05. The molecule has 0 bridgehead atoms. The summed E-state index contributed by atoms with van der Waals surface area (Å²) < 4.78 is 5.24. The highest BCUT2D eigenvalue weighted by Crippen LogP contribution is 2.19. The molecule has 1 saturated heterocycles. The molecule has 0 radical (unpaired) electrons. The van der Waals surface area contributed by atoms with E-state index in [9.17, 15) is 19.2 Å². The summed E-state index contributed by atoms with van der Waals surface area (Å²) in [6, 6.07) is 6.03. The summed E-state index contributed by atoms with van der Waals surface area (Å²) in [5.74, 6) is -1.41. The second-order valence-corrected chi connectivity index (χ2v) is 6.30. The molecule has 0 aliphatic carbocycles. The molecule has 1 atom stereocenters. The number of anilines is 1. The van der Waals surface area contributed by atoms with Gasteiger partial charge < -0.3 is 20.7 Å². The van der Waals surface area contributed by atoms with Crippen molar-refractivity contribution in [2.24, 2.45) is 11.7 Å². The summed E-state index contributed by atoms with van der Waals surface area (Å²) in [4.78, 5) is 48.4. The first-order chi connectivity index (χ1) is 12.3. The number of urea groups is 1. The number of hydrogen-bond donors (Lipinski definition) is 2. The molecule has 8 heteroatoms. The van der Waals surface area contributed by atoms with Crippen LogP contribution in [0.3, 0.4) is 0 Å². The van der Waals surface area contributed by atoms with Gasteiger partial charge in [0.1, 0.15) is 0 Å². The van der Waals surface area contributed by atoms with Crippen molar-refractivity contribution < 1.29 is 23.9 Å². The van der Waals surface area contributed by atoms with Gasteiger partial charge in [0.15, 0.2) is 11.9 Å². The molecule has 1 aliphatic heterocycles. The Balaban J connectivity index is 1.87. The van der Waals surface area contributed by atoms with Gasteiger partial charge in [-0.15, -0.1) is 0 Å². The number of nitrogens with two attached hydrogens (primary N) is 1. The van der Waals surface area contributed by atoms with Crippen LogP contribution in [0.5, 0.6) is 0 Å². The van der Waals surface area contributed by atoms with E-state index in [0.717, 1.165) is 0 Å². The number of piperidine rings is 1. The molecular formula is C18H23N3O5. The molecule has 1 aromatic carbocycles. The average molecular weight is 361 g/mol. The first-order valence-corrected chi connectivity index (χ1v) is 8.44. The van der Waals surface area contributed by atoms with E-state index in [0.29, 0.717) is 37.2 Å². The SMILES string of the molecule is CC(=O)c1cccc(NC(=O)[C@H](C)OC(=O)C2CCN(C(N)=O)CC2)c1. The fourth-order valence-corrected chi connectivity index (χ4v) is 2.72. The third-order valence-corrected chi connectivity index (χ3v) is 4.34. The number of nitrogens with one attached hydrogen (secondary N) is 1. The number of nitrogens with zero attached hydrogens (tertiary/aromatic N) is 1. The second kappa shape index (κ2) is 8.46. The lowest BCUT2D eigenvalue weighted by Crippen LogP contribution is -2.44. The lowest BCUT2D eigenvalue weighted by Gasteiger charge is -2.30. The molecular weight excluding hydrogens is 338 g/mol. The van der Waals surface area contributed by atoms with Crippen molar-refractivity contribution in [1.29, 1.82) is 0 Å². The van der Waals surface area contributed by atoms with Gasteiger partial charge in [0.05, 0.1) is 5.92 Å². The number of esters is 1. The Hall–Kier alpha value is -2.90. The van der Waals surface area contributed by atoms with Crippen LogP contribution >= 0.6 is 0 Å². The Morgan fingerprint density at radius 3 is 2.46 bits per heavy atom. The minimum Gasteiger partial charge on any atom is -0.452 e. The lowest BCUT2D eigenvalue weighted by molar-refractivity contribution is -0.158. The largest absolute Gasteiger partial charge is 0.452 e. The van der Waals surface area contributed by atoms with Crippen LogP contribution in [0.15, 0.2) is 24.3 Å². The van der Waals surface area contributed by atoms with E-state index in [-0.39, 0.29) is 11.7 Å². The van der Waals surface area contributed by atoms with Crippen molar-refractivity contribution in [3.63, 3.8) is 0 Å². The van der Waals surface area contributed by atoms with Crippen LogP contribution < -0.4 is 11.1 Å². The minimum atomic E-state index is -0.974. The number of benzene rings is 1. The number of amides is 3. The summed E-state index contributed by atoms with van der Waals surface area (Å²) in [6.07, 6.45) is -0.0641. The van der Waals surface area contributed by atoms with Crippen LogP contribution in [0, 0.1) is 5.92 Å². The molecule has 8 nitrogen and oxygen atoms in total. The van der Waals surface area contributed by atoms with E-state index in [1.54, 1.807) is 24.3 Å². The van der Waals surface area contributed by atoms with Crippen LogP contribution in [0.2, 0.25) is 0 Å². The van der Waals surface area contributed by atoms with Crippen LogP contribution in [-0.2, 0) is 14.3 Å². The Morgan fingerprint density at radius 1 is 1.23 bits per heavy atom. The topological polar surface area (TPSA) is 119 Å². The second-order valence-electron chi connectivity index (χ2n) is 6.30. The van der Waals surface area contributed by atoms with Crippen LogP contribution in [0.1, 0.15) is 37.0 Å². The predicted molar refractivity (Wildman–Crippen MR) is 94.5 cm³/mol. The number of carbonyl (C=O) groups is 4. The van der Waals surface area contributed by atoms with Crippen molar-refractivity contribution in [2.45, 2.75) is 32.8 Å². The zero-order valence-electron chi connectivity index (χ0n) is 14.9. The van der Waals surface area contributed by atoms with Gasteiger partial charge in [0.2, 0.25) is 0 Å². The fourth-order valence-electron chi connectivity index (χ4n) is 2.72. The van der Waals surface area contributed by atoms with Gasteiger partial charge in [0, 0.05) is 24.3 Å². The number of likely N-dealkylation sites (tertiary alicyclic amines) is 1. The smallest absolute Gasteiger partial charge is 0.314 e. The summed E-state index contributed by atoms with van der Waals surface area (Å²) in [5.41, 5.74) is 6.15. The van der Waals surface area contributed by atoms with Crippen LogP contribution in [-0.4, -0.2) is 47.8 Å². The number of ether oxygens (including phenoxy) is 1. The van der Waals surface area contributed by atoms with E-state index in [1.165, 1.54) is 18.7 Å². The number of hydrogen-bond acceptors (Lipinski definition) is 5. The highest BCUT2D eigenvalue weighted by molar-refractivity contribution is 5.98. The van der Waals surface area contributed by atoms with E-state index in [4.69, 9.17) is 10.5 Å². The van der Waals surface area contributed by atoms with Gasteiger partial charge >= 0.3 is 12.0 Å². The zero-order valence-corrected chi connectivity index (χ0v) is 14.9. The molecule has 0 spiro atoms. The molecule has 1 heterocycles. The van der Waals surface area contributed by atoms with Gasteiger partial charge in [-0.1, -0.05) is 12.1 Å². The number of carbonyl (C=O) groups excluding carboxylic acids is 4. The van der Waals surface area contributed by atoms with E-state index < -0.39 is 24.0 Å². The van der Waals surface area contributed by atoms with E-state index in [1.807, 2.05) is 0 Å². The first-order valence-electron chi connectivity index (χ1n) is 8.44. The molecule has 3 amide bonds. The Morgan fingerprint density at radius 2 is 1.88 bits per heavy atom. The quantitative estimate of drug-likeness (QED) is 0.609. The summed E-state index contributed by atoms with van der Waals surface area (Å²) in [5, 5.41) is 2.63. The summed E-state index contributed by atoms with van der Waals surface area (Å²) in [6.45, 7) is 3.72. The molecule has 1 aliphatic rings. The molecule has 0 unspecified atom stereocenters. The van der Waals surface area contributed by atoms with E-state index >= 15 is 0 Å². The van der Waals surface area contributed by atoms with Crippen molar-refractivity contribution in [2.75, 3.05) is 18.4 Å². The van der Waals surface area contributed by atoms with Crippen molar-refractivity contribution >= 4 is 29.4 Å². The maximum absolute atomic E-state index is 12.2. The van der Waals surface area contributed by atoms with Gasteiger partial charge in [-0.25, -0.2) is 4.79 Å². The molecule has 140 valence electrons. The van der Waals surface area contributed by atoms with Crippen molar-refractivity contribution in [3.05, 3.63) is 29.8 Å². The maximum Gasteiger partial charge on any atom is 0.314 e. The zero-order chi connectivity index (χ0) is 19.3. The van der Waals surface area contributed by atoms with Gasteiger partial charge in [-0.05, 0) is 38.8 Å². The van der Waals surface area contributed by atoms with Gasteiger partial charge in [-0.3, -0.25) is 14.4 Å². The minimum absolute atomic E-state index is 0.108. The summed E-state index contributed by atoms with van der Waals surface area (Å²) >= 11 is 0. The highest BCUT2D eigenvalue weighted by Gasteiger charge is 2.29. The normalized spacial score (nSPS) is 15.8. The monoisotopic (exact) mass is 361 g/mol. The van der Waals surface area contributed by atoms with Crippen molar-refractivity contribution in [3.8, 4) is 0 Å². The average Bonchev–Trinajstić information content (AvgIpc) is 2.61. The number of rotatable bonds is 5. The maximum atomic E-state index is 12.2. The lowest BCUT2D eigenvalue weighted by atomic mass is 9.97. The van der Waals surface area contributed by atoms with E-state index in [2.05, 4.69) is 5.32 Å².